The van der Waals surface area contributed by atoms with Crippen molar-refractivity contribution >= 4 is 11.8 Å². The van der Waals surface area contributed by atoms with Gasteiger partial charge >= 0.3 is 0 Å². The Morgan fingerprint density at radius 1 is 1.28 bits per heavy atom. The molecule has 0 bridgehead atoms. The highest BCUT2D eigenvalue weighted by molar-refractivity contribution is 5.82. The molecule has 6 nitrogen and oxygen atoms in total. The molecule has 1 atom stereocenters. The number of amides is 2. The summed E-state index contributed by atoms with van der Waals surface area (Å²) in [6.45, 7) is 2.29. The number of hydrogen-bond acceptors (Lipinski definition) is 4. The van der Waals surface area contributed by atoms with Gasteiger partial charge in [-0.05, 0) is 19.4 Å². The summed E-state index contributed by atoms with van der Waals surface area (Å²) >= 11 is 0. The fraction of sp³-hybridized carbons (Fsp3) is 0.833. The fourth-order valence-electron chi connectivity index (χ4n) is 1.88. The third-order valence-electron chi connectivity index (χ3n) is 2.91. The fourth-order valence-corrected chi connectivity index (χ4v) is 1.88. The Morgan fingerprint density at radius 3 is 2.78 bits per heavy atom. The van der Waals surface area contributed by atoms with Crippen LogP contribution in [0.3, 0.4) is 0 Å². The maximum atomic E-state index is 11.7. The number of methoxy groups -OCH3 is 1. The van der Waals surface area contributed by atoms with Gasteiger partial charge in [0.25, 0.3) is 0 Å². The molecule has 0 aromatic carbocycles. The maximum absolute atomic E-state index is 11.7. The van der Waals surface area contributed by atoms with Gasteiger partial charge in [-0.15, -0.1) is 0 Å². The van der Waals surface area contributed by atoms with Crippen LogP contribution in [0.2, 0.25) is 0 Å². The van der Waals surface area contributed by atoms with Gasteiger partial charge in [0.1, 0.15) is 0 Å². The van der Waals surface area contributed by atoms with Gasteiger partial charge in [-0.25, -0.2) is 0 Å². The quantitative estimate of drug-likeness (QED) is 0.532. The lowest BCUT2D eigenvalue weighted by atomic mass is 10.0. The second kappa shape index (κ2) is 8.88. The molecule has 1 rings (SSSR count). The van der Waals surface area contributed by atoms with Crippen molar-refractivity contribution in [1.29, 1.82) is 0 Å². The van der Waals surface area contributed by atoms with Gasteiger partial charge in [0, 0.05) is 26.6 Å². The zero-order valence-electron chi connectivity index (χ0n) is 11.0. The Kier molecular flexibility index (Phi) is 7.36. The number of piperidine rings is 1. The van der Waals surface area contributed by atoms with Gasteiger partial charge in [0.15, 0.2) is 0 Å². The molecule has 1 unspecified atom stereocenters. The molecular weight excluding hydrogens is 234 g/mol. The highest BCUT2D eigenvalue weighted by Gasteiger charge is 2.19. The van der Waals surface area contributed by atoms with E-state index in [1.54, 1.807) is 7.11 Å². The molecule has 3 N–H and O–H groups in total. The summed E-state index contributed by atoms with van der Waals surface area (Å²) in [5.74, 6) is -0.0663. The van der Waals surface area contributed by atoms with Crippen molar-refractivity contribution in [3.05, 3.63) is 0 Å². The van der Waals surface area contributed by atoms with Crippen molar-refractivity contribution in [1.82, 2.24) is 16.0 Å². The molecule has 1 aliphatic heterocycles. The van der Waals surface area contributed by atoms with Crippen LogP contribution in [0.1, 0.15) is 25.7 Å². The van der Waals surface area contributed by atoms with E-state index in [9.17, 15) is 9.59 Å². The van der Waals surface area contributed by atoms with Crippen LogP contribution >= 0.6 is 0 Å². The molecule has 1 aliphatic rings. The largest absolute Gasteiger partial charge is 0.383 e. The molecule has 0 aliphatic carbocycles. The van der Waals surface area contributed by atoms with E-state index in [-0.39, 0.29) is 17.9 Å². The van der Waals surface area contributed by atoms with Crippen molar-refractivity contribution in [2.45, 2.75) is 31.7 Å². The summed E-state index contributed by atoms with van der Waals surface area (Å²) in [7, 11) is 1.59. The van der Waals surface area contributed by atoms with Gasteiger partial charge < -0.3 is 20.7 Å². The van der Waals surface area contributed by atoms with Crippen LogP contribution < -0.4 is 16.0 Å². The van der Waals surface area contributed by atoms with E-state index in [2.05, 4.69) is 16.0 Å². The van der Waals surface area contributed by atoms with E-state index >= 15 is 0 Å². The lowest BCUT2D eigenvalue weighted by Crippen LogP contribution is -2.47. The molecule has 0 spiro atoms. The number of rotatable bonds is 7. The van der Waals surface area contributed by atoms with Crippen molar-refractivity contribution in [2.75, 3.05) is 33.4 Å². The van der Waals surface area contributed by atoms with Crippen LogP contribution in [0.25, 0.3) is 0 Å². The molecule has 18 heavy (non-hydrogen) atoms. The number of hydrogen-bond donors (Lipinski definition) is 3. The van der Waals surface area contributed by atoms with Crippen molar-refractivity contribution < 1.29 is 14.3 Å². The average Bonchev–Trinajstić information content (AvgIpc) is 2.40. The van der Waals surface area contributed by atoms with Crippen LogP contribution in [0.15, 0.2) is 0 Å². The highest BCUT2D eigenvalue weighted by Crippen LogP contribution is 2.06. The molecule has 1 saturated heterocycles. The van der Waals surface area contributed by atoms with Gasteiger partial charge in [0.2, 0.25) is 11.8 Å². The molecule has 2 amide bonds. The van der Waals surface area contributed by atoms with E-state index in [0.717, 1.165) is 25.8 Å². The number of carbonyl (C=O) groups is 2. The number of nitrogens with one attached hydrogen (secondary N) is 3. The van der Waals surface area contributed by atoms with Crippen LogP contribution in [0.5, 0.6) is 0 Å². The van der Waals surface area contributed by atoms with Crippen LogP contribution in [-0.2, 0) is 14.3 Å². The molecule has 1 fully saturated rings. The van der Waals surface area contributed by atoms with E-state index in [1.807, 2.05) is 0 Å². The summed E-state index contributed by atoms with van der Waals surface area (Å²) in [4.78, 5) is 23.1. The smallest absolute Gasteiger partial charge is 0.237 e. The molecule has 1 heterocycles. The topological polar surface area (TPSA) is 79.5 Å². The molecular formula is C12H23N3O3. The monoisotopic (exact) mass is 257 g/mol. The van der Waals surface area contributed by atoms with Crippen molar-refractivity contribution in [2.24, 2.45) is 0 Å². The molecule has 0 aromatic heterocycles. The molecule has 104 valence electrons. The highest BCUT2D eigenvalue weighted by atomic mass is 16.5. The lowest BCUT2D eigenvalue weighted by molar-refractivity contribution is -0.124. The van der Waals surface area contributed by atoms with Gasteiger partial charge in [-0.2, -0.15) is 0 Å². The Labute approximate surface area is 108 Å². The zero-order valence-corrected chi connectivity index (χ0v) is 11.0. The van der Waals surface area contributed by atoms with Crippen LogP contribution in [0, 0.1) is 0 Å². The number of ether oxygens (including phenoxy) is 1. The van der Waals surface area contributed by atoms with Crippen molar-refractivity contribution in [3.63, 3.8) is 0 Å². The third-order valence-corrected chi connectivity index (χ3v) is 2.91. The van der Waals surface area contributed by atoms with E-state index in [1.165, 1.54) is 0 Å². The Hall–Kier alpha value is -1.14. The minimum Gasteiger partial charge on any atom is -0.383 e. The minimum absolute atomic E-state index is 0.000563. The van der Waals surface area contributed by atoms with Gasteiger partial charge in [-0.1, -0.05) is 6.42 Å². The predicted octanol–water partition coefficient (Wildman–Crippen LogP) is -0.603. The zero-order chi connectivity index (χ0) is 13.2. The lowest BCUT2D eigenvalue weighted by Gasteiger charge is -2.22. The summed E-state index contributed by atoms with van der Waals surface area (Å²) in [5.41, 5.74) is 0. The SMILES string of the molecule is COCCNC(=O)CCNC(=O)C1CCCCN1. The molecule has 6 heteroatoms. The third kappa shape index (κ3) is 5.97. The summed E-state index contributed by atoms with van der Waals surface area (Å²) in [5, 5.41) is 8.66. The Balaban J connectivity index is 2.05. The predicted molar refractivity (Wildman–Crippen MR) is 68.2 cm³/mol. The van der Waals surface area contributed by atoms with E-state index < -0.39 is 0 Å². The minimum atomic E-state index is -0.0877. The first-order chi connectivity index (χ1) is 8.74. The second-order valence-corrected chi connectivity index (χ2v) is 4.39. The summed E-state index contributed by atoms with van der Waals surface area (Å²) in [6, 6.07) is -0.0877. The van der Waals surface area contributed by atoms with Crippen LogP contribution in [-0.4, -0.2) is 51.2 Å². The standard InChI is InChI=1S/C12H23N3O3/c1-18-9-8-14-11(16)5-7-15-12(17)10-4-2-3-6-13-10/h10,13H,2-9H2,1H3,(H,14,16)(H,15,17). The summed E-state index contributed by atoms with van der Waals surface area (Å²) in [6.07, 6.45) is 3.41. The molecule has 0 radical (unpaired) electrons. The Bertz CT molecular complexity index is 265. The molecule has 0 aromatic rings. The van der Waals surface area contributed by atoms with E-state index in [4.69, 9.17) is 4.74 Å². The Morgan fingerprint density at radius 2 is 2.11 bits per heavy atom. The second-order valence-electron chi connectivity index (χ2n) is 4.39. The first-order valence-electron chi connectivity index (χ1n) is 6.50. The normalized spacial score (nSPS) is 19.3. The van der Waals surface area contributed by atoms with Crippen LogP contribution in [0.4, 0.5) is 0 Å². The first-order valence-corrected chi connectivity index (χ1v) is 6.50. The first kappa shape index (κ1) is 14.9. The molecule has 0 saturated carbocycles. The van der Waals surface area contributed by atoms with Gasteiger partial charge in [-0.3, -0.25) is 9.59 Å². The van der Waals surface area contributed by atoms with E-state index in [0.29, 0.717) is 26.1 Å². The van der Waals surface area contributed by atoms with Crippen molar-refractivity contribution in [3.8, 4) is 0 Å². The number of carbonyl (C=O) groups excluding carboxylic acids is 2. The summed E-state index contributed by atoms with van der Waals surface area (Å²) < 4.78 is 4.82. The average molecular weight is 257 g/mol. The van der Waals surface area contributed by atoms with Gasteiger partial charge in [0.05, 0.1) is 12.6 Å². The maximum Gasteiger partial charge on any atom is 0.237 e.